The second-order valence-electron chi connectivity index (χ2n) is 9.33. The minimum absolute atomic E-state index is 0.121. The van der Waals surface area contributed by atoms with Crippen molar-refractivity contribution in [1.82, 2.24) is 10.1 Å². The van der Waals surface area contributed by atoms with E-state index in [2.05, 4.69) is 5.32 Å². The third-order valence-electron chi connectivity index (χ3n) is 6.79. The molecule has 0 bridgehead atoms. The van der Waals surface area contributed by atoms with Gasteiger partial charge in [-0.25, -0.2) is 0 Å². The van der Waals surface area contributed by atoms with Gasteiger partial charge in [-0.15, -0.1) is 0 Å². The zero-order valence-electron chi connectivity index (χ0n) is 20.9. The first-order valence-corrected chi connectivity index (χ1v) is 12.8. The SMILES string of the molecule is CC[C@@H](B1N=C(c2ccc(-c3cccc(Cl)c3)cc2)C=C2CCC(=O)N12)C(=O)N[C@@H](CCC(=O)O)C(N)=O. The minimum Gasteiger partial charge on any atom is -0.481 e. The Morgan fingerprint density at radius 2 is 1.84 bits per heavy atom. The Morgan fingerprint density at radius 1 is 1.13 bits per heavy atom. The summed E-state index contributed by atoms with van der Waals surface area (Å²) < 4.78 is 0. The Morgan fingerprint density at radius 3 is 2.47 bits per heavy atom. The number of carbonyl (C=O) groups excluding carboxylic acids is 3. The third kappa shape index (κ3) is 5.97. The Bertz CT molecular complexity index is 1330. The third-order valence-corrected chi connectivity index (χ3v) is 7.03. The quantitative estimate of drug-likeness (QED) is 0.400. The van der Waals surface area contributed by atoms with E-state index >= 15 is 0 Å². The van der Waals surface area contributed by atoms with E-state index in [9.17, 15) is 19.2 Å². The molecule has 2 heterocycles. The van der Waals surface area contributed by atoms with Crippen LogP contribution in [0.4, 0.5) is 0 Å². The highest BCUT2D eigenvalue weighted by atomic mass is 35.5. The van der Waals surface area contributed by atoms with Crippen LogP contribution in [0.5, 0.6) is 0 Å². The van der Waals surface area contributed by atoms with Crippen molar-refractivity contribution < 1.29 is 24.3 Å². The van der Waals surface area contributed by atoms with Gasteiger partial charge in [0.25, 0.3) is 0 Å². The van der Waals surface area contributed by atoms with Gasteiger partial charge in [0.15, 0.2) is 0 Å². The molecule has 196 valence electrons. The lowest BCUT2D eigenvalue weighted by atomic mass is 9.58. The van der Waals surface area contributed by atoms with Crippen molar-refractivity contribution in [2.75, 3.05) is 0 Å². The summed E-state index contributed by atoms with van der Waals surface area (Å²) in [5.41, 5.74) is 9.64. The molecule has 1 saturated heterocycles. The Kier molecular flexibility index (Phi) is 8.31. The van der Waals surface area contributed by atoms with Gasteiger partial charge in [0, 0.05) is 23.6 Å². The average Bonchev–Trinajstić information content (AvgIpc) is 3.27. The first-order chi connectivity index (χ1) is 18.2. The molecule has 3 amide bonds. The molecule has 0 saturated carbocycles. The first-order valence-electron chi connectivity index (χ1n) is 12.5. The number of aliphatic carboxylic acids is 1. The van der Waals surface area contributed by atoms with Crippen LogP contribution in [-0.2, 0) is 19.2 Å². The summed E-state index contributed by atoms with van der Waals surface area (Å²) in [4.78, 5) is 55.3. The van der Waals surface area contributed by atoms with Crippen molar-refractivity contribution in [2.24, 2.45) is 10.6 Å². The number of fused-ring (bicyclic) bond motifs is 1. The fourth-order valence-corrected chi connectivity index (χ4v) is 4.97. The number of carboxylic acids is 1. The maximum atomic E-state index is 13.3. The maximum Gasteiger partial charge on any atom is 0.414 e. The van der Waals surface area contributed by atoms with E-state index in [4.69, 9.17) is 27.3 Å². The van der Waals surface area contributed by atoms with Crippen LogP contribution in [0.3, 0.4) is 0 Å². The van der Waals surface area contributed by atoms with Crippen LogP contribution in [0.25, 0.3) is 11.1 Å². The maximum absolute atomic E-state index is 13.3. The molecule has 0 aromatic heterocycles. The monoisotopic (exact) mass is 534 g/mol. The smallest absolute Gasteiger partial charge is 0.414 e. The molecule has 4 N–H and O–H groups in total. The van der Waals surface area contributed by atoms with Crippen molar-refractivity contribution in [3.8, 4) is 11.1 Å². The van der Waals surface area contributed by atoms with E-state index in [-0.39, 0.29) is 18.7 Å². The normalized spacial score (nSPS) is 16.3. The van der Waals surface area contributed by atoms with E-state index in [1.54, 1.807) is 11.7 Å². The number of nitrogens with one attached hydrogen (secondary N) is 1. The summed E-state index contributed by atoms with van der Waals surface area (Å²) in [5, 5.41) is 12.2. The van der Waals surface area contributed by atoms with E-state index < -0.39 is 36.6 Å². The first kappa shape index (κ1) is 27.1. The van der Waals surface area contributed by atoms with Gasteiger partial charge in [-0.05, 0) is 54.2 Å². The number of primary amides is 1. The van der Waals surface area contributed by atoms with Crippen molar-refractivity contribution in [3.63, 3.8) is 0 Å². The van der Waals surface area contributed by atoms with E-state index in [0.717, 1.165) is 22.4 Å². The summed E-state index contributed by atoms with van der Waals surface area (Å²) in [6.45, 7) is 1.000. The topological polar surface area (TPSA) is 142 Å². The summed E-state index contributed by atoms with van der Waals surface area (Å²) in [7, 11) is 0. The molecule has 0 radical (unpaired) electrons. The number of nitrogens with two attached hydrogens (primary N) is 1. The van der Waals surface area contributed by atoms with E-state index in [1.807, 2.05) is 54.6 Å². The highest BCUT2D eigenvalue weighted by Crippen LogP contribution is 2.34. The van der Waals surface area contributed by atoms with Crippen LogP contribution in [0.15, 0.2) is 65.2 Å². The van der Waals surface area contributed by atoms with Crippen molar-refractivity contribution >= 4 is 48.0 Å². The number of halogens is 1. The van der Waals surface area contributed by atoms with Gasteiger partial charge < -0.3 is 25.9 Å². The zero-order valence-corrected chi connectivity index (χ0v) is 21.6. The molecule has 1 fully saturated rings. The molecule has 2 aliphatic heterocycles. The van der Waals surface area contributed by atoms with Crippen LogP contribution in [0, 0.1) is 0 Å². The van der Waals surface area contributed by atoms with Gasteiger partial charge in [-0.2, -0.15) is 0 Å². The van der Waals surface area contributed by atoms with Crippen LogP contribution in [-0.4, -0.2) is 52.3 Å². The molecular weight excluding hydrogens is 507 g/mol. The van der Waals surface area contributed by atoms with Crippen molar-refractivity contribution in [1.29, 1.82) is 0 Å². The average molecular weight is 535 g/mol. The standard InChI is InChI=1S/C27H28BClN4O5/c1-2-21(27(38)31-22(26(30)37)11-13-25(35)36)28-32-23(15-20-10-12-24(34)33(20)28)17-8-6-16(7-9-17)18-4-3-5-19(29)14-18/h3-9,14-15,21-22H,2,10-13H2,1H3,(H2,30,37)(H,31,38)(H,35,36)/t21-,22+/m1/s1. The molecule has 9 nitrogen and oxygen atoms in total. The molecule has 0 unspecified atom stereocenters. The fourth-order valence-electron chi connectivity index (χ4n) is 4.78. The van der Waals surface area contributed by atoms with Gasteiger partial charge in [-0.1, -0.05) is 54.9 Å². The lowest BCUT2D eigenvalue weighted by Crippen LogP contribution is -2.52. The number of hydrogen-bond acceptors (Lipinski definition) is 5. The predicted octanol–water partition coefficient (Wildman–Crippen LogP) is 3.42. The number of nitrogens with zero attached hydrogens (tertiary/aromatic N) is 2. The number of benzene rings is 2. The summed E-state index contributed by atoms with van der Waals surface area (Å²) in [5.74, 6) is -3.32. The Labute approximate surface area is 225 Å². The van der Waals surface area contributed by atoms with Gasteiger partial charge >= 0.3 is 13.0 Å². The number of hydrogen-bond donors (Lipinski definition) is 3. The second kappa shape index (κ2) is 11.6. The molecule has 2 aromatic rings. The van der Waals surface area contributed by atoms with Gasteiger partial charge in [0.2, 0.25) is 17.7 Å². The number of amides is 3. The minimum atomic E-state index is -1.14. The fraction of sp³-hybridized carbons (Fsp3) is 0.296. The molecular formula is C27H28BClN4O5. The van der Waals surface area contributed by atoms with Crippen LogP contribution in [0.2, 0.25) is 10.8 Å². The lowest BCUT2D eigenvalue weighted by molar-refractivity contribution is -0.137. The van der Waals surface area contributed by atoms with Crippen LogP contribution >= 0.6 is 11.6 Å². The van der Waals surface area contributed by atoms with Gasteiger partial charge in [-0.3, -0.25) is 19.2 Å². The number of carboxylic acid groups (broad SMARTS) is 1. The van der Waals surface area contributed by atoms with Gasteiger partial charge in [0.1, 0.15) is 6.04 Å². The second-order valence-corrected chi connectivity index (χ2v) is 9.76. The van der Waals surface area contributed by atoms with E-state index in [1.165, 1.54) is 0 Å². The Hall–Kier alpha value is -3.92. The van der Waals surface area contributed by atoms with Crippen LogP contribution in [0.1, 0.15) is 44.6 Å². The summed E-state index contributed by atoms with van der Waals surface area (Å²) in [6, 6.07) is 14.2. The lowest BCUT2D eigenvalue weighted by Gasteiger charge is -2.32. The molecule has 0 aliphatic carbocycles. The number of rotatable bonds is 10. The molecule has 4 rings (SSSR count). The summed E-state index contributed by atoms with van der Waals surface area (Å²) >= 11 is 6.13. The van der Waals surface area contributed by atoms with Crippen LogP contribution < -0.4 is 11.1 Å². The molecule has 2 atom stereocenters. The molecule has 2 aromatic carbocycles. The van der Waals surface area contributed by atoms with Gasteiger partial charge in [0.05, 0.1) is 11.5 Å². The number of carbonyl (C=O) groups is 4. The molecule has 0 spiro atoms. The molecule has 11 heteroatoms. The highest BCUT2D eigenvalue weighted by molar-refractivity contribution is 6.65. The number of allylic oxidation sites excluding steroid dienone is 2. The van der Waals surface area contributed by atoms with Crippen molar-refractivity contribution in [2.45, 2.75) is 50.9 Å². The zero-order chi connectivity index (χ0) is 27.4. The summed E-state index contributed by atoms with van der Waals surface area (Å²) in [6.07, 6.45) is 2.62. The highest BCUT2D eigenvalue weighted by Gasteiger charge is 2.45. The molecule has 38 heavy (non-hydrogen) atoms. The largest absolute Gasteiger partial charge is 0.481 e. The van der Waals surface area contributed by atoms with Crippen molar-refractivity contribution in [3.05, 3.63) is 70.9 Å². The van der Waals surface area contributed by atoms with E-state index in [0.29, 0.717) is 30.0 Å². The molecule has 2 aliphatic rings. The Balaban J connectivity index is 1.62. The predicted molar refractivity (Wildman–Crippen MR) is 145 cm³/mol.